The minimum atomic E-state index is -0.713. The third-order valence-electron chi connectivity index (χ3n) is 4.62. The number of ether oxygens (including phenoxy) is 2. The summed E-state index contributed by atoms with van der Waals surface area (Å²) in [6, 6.07) is 18.2. The van der Waals surface area contributed by atoms with Gasteiger partial charge in [-0.05, 0) is 42.5 Å². The van der Waals surface area contributed by atoms with Crippen molar-refractivity contribution in [2.75, 3.05) is 17.2 Å². The molecule has 1 atom stereocenters. The van der Waals surface area contributed by atoms with E-state index in [4.69, 9.17) is 9.47 Å². The molecule has 9 heteroatoms. The van der Waals surface area contributed by atoms with Gasteiger partial charge in [-0.15, -0.1) is 0 Å². The Morgan fingerprint density at radius 3 is 2.61 bits per heavy atom. The molecule has 2 N–H and O–H groups in total. The van der Waals surface area contributed by atoms with E-state index < -0.39 is 6.10 Å². The molecule has 31 heavy (non-hydrogen) atoms. The van der Waals surface area contributed by atoms with E-state index in [9.17, 15) is 4.79 Å². The Balaban J connectivity index is 1.22. The van der Waals surface area contributed by atoms with Crippen molar-refractivity contribution in [3.8, 4) is 17.3 Å². The molecule has 5 rings (SSSR count). The molecule has 0 bridgehead atoms. The first-order valence-electron chi connectivity index (χ1n) is 9.63. The van der Waals surface area contributed by atoms with Crippen LogP contribution in [0.25, 0.3) is 5.82 Å². The first kappa shape index (κ1) is 18.6. The number of hydrogen-bond donors (Lipinski definition) is 2. The number of para-hydroxylation sites is 2. The van der Waals surface area contributed by atoms with Crippen LogP contribution in [0.2, 0.25) is 0 Å². The lowest BCUT2D eigenvalue weighted by atomic mass is 10.2. The molecule has 1 aliphatic rings. The van der Waals surface area contributed by atoms with E-state index in [2.05, 4.69) is 25.7 Å². The van der Waals surface area contributed by atoms with Crippen LogP contribution in [-0.2, 0) is 4.79 Å². The maximum atomic E-state index is 12.5. The van der Waals surface area contributed by atoms with Crippen LogP contribution in [0.4, 0.5) is 17.2 Å². The first-order valence-corrected chi connectivity index (χ1v) is 9.63. The number of aromatic nitrogens is 4. The maximum Gasteiger partial charge on any atom is 0.269 e. The van der Waals surface area contributed by atoms with E-state index in [0.29, 0.717) is 28.8 Å². The zero-order valence-corrected chi connectivity index (χ0v) is 16.3. The van der Waals surface area contributed by atoms with Crippen molar-refractivity contribution in [2.45, 2.75) is 6.10 Å². The molecule has 1 aliphatic heterocycles. The van der Waals surface area contributed by atoms with Crippen LogP contribution < -0.4 is 20.1 Å². The maximum absolute atomic E-state index is 12.5. The van der Waals surface area contributed by atoms with Crippen LogP contribution >= 0.6 is 0 Å². The third-order valence-corrected chi connectivity index (χ3v) is 4.62. The molecule has 0 unspecified atom stereocenters. The number of nitrogens with one attached hydrogen (secondary N) is 2. The molecule has 0 radical (unpaired) electrons. The Bertz CT molecular complexity index is 1190. The Kier molecular flexibility index (Phi) is 4.89. The molecule has 2 aromatic carbocycles. The van der Waals surface area contributed by atoms with Gasteiger partial charge in [-0.2, -0.15) is 5.10 Å². The highest BCUT2D eigenvalue weighted by Crippen LogP contribution is 2.31. The number of amides is 1. The van der Waals surface area contributed by atoms with E-state index >= 15 is 0 Å². The fourth-order valence-electron chi connectivity index (χ4n) is 3.10. The van der Waals surface area contributed by atoms with Gasteiger partial charge in [-0.3, -0.25) is 4.79 Å². The molecule has 2 aromatic heterocycles. The molecule has 0 saturated carbocycles. The third kappa shape index (κ3) is 4.15. The Morgan fingerprint density at radius 1 is 1.00 bits per heavy atom. The highest BCUT2D eigenvalue weighted by molar-refractivity contribution is 5.94. The van der Waals surface area contributed by atoms with Crippen molar-refractivity contribution in [3.63, 3.8) is 0 Å². The highest BCUT2D eigenvalue weighted by Gasteiger charge is 2.27. The molecule has 0 spiro atoms. The molecule has 4 aromatic rings. The summed E-state index contributed by atoms with van der Waals surface area (Å²) >= 11 is 0. The van der Waals surface area contributed by atoms with E-state index in [1.54, 1.807) is 35.1 Å². The van der Waals surface area contributed by atoms with E-state index in [1.165, 1.54) is 6.33 Å². The number of anilines is 3. The van der Waals surface area contributed by atoms with Gasteiger partial charge in [0.15, 0.2) is 17.3 Å². The Morgan fingerprint density at radius 2 is 1.81 bits per heavy atom. The van der Waals surface area contributed by atoms with Gasteiger partial charge in [0.1, 0.15) is 18.8 Å². The van der Waals surface area contributed by atoms with Crippen molar-refractivity contribution in [1.29, 1.82) is 0 Å². The number of nitrogens with zero attached hydrogens (tertiary/aromatic N) is 4. The summed E-state index contributed by atoms with van der Waals surface area (Å²) in [5, 5.41) is 10.2. The standard InChI is InChI=1S/C22H18N6O3/c29-22(19-13-30-17-4-1-2-5-18(17)31-19)27-16-8-6-15(7-9-16)26-20-12-21(24-14-23-20)28-11-3-10-25-28/h1-12,14,19H,13H2,(H,27,29)(H,23,24,26)/t19-/m0/s1. The summed E-state index contributed by atoms with van der Waals surface area (Å²) in [4.78, 5) is 21.0. The number of rotatable bonds is 5. The predicted octanol–water partition coefficient (Wildman–Crippen LogP) is 3.18. The summed E-state index contributed by atoms with van der Waals surface area (Å²) < 4.78 is 13.0. The zero-order chi connectivity index (χ0) is 21.0. The lowest BCUT2D eigenvalue weighted by Crippen LogP contribution is -2.40. The predicted molar refractivity (Wildman–Crippen MR) is 114 cm³/mol. The fraction of sp³-hybridized carbons (Fsp3) is 0.0909. The van der Waals surface area contributed by atoms with Crippen molar-refractivity contribution in [2.24, 2.45) is 0 Å². The molecule has 1 amide bonds. The summed E-state index contributed by atoms with van der Waals surface area (Å²) in [6.07, 6.45) is 4.25. The average Bonchev–Trinajstić information content (AvgIpc) is 3.35. The number of carbonyl (C=O) groups excluding carboxylic acids is 1. The van der Waals surface area contributed by atoms with Crippen LogP contribution in [0.5, 0.6) is 11.5 Å². The van der Waals surface area contributed by atoms with Gasteiger partial charge in [0.25, 0.3) is 5.91 Å². The Hall–Kier alpha value is -4.40. The van der Waals surface area contributed by atoms with Crippen LogP contribution in [0.3, 0.4) is 0 Å². The molecule has 0 aliphatic carbocycles. The molecule has 154 valence electrons. The minimum absolute atomic E-state index is 0.161. The van der Waals surface area contributed by atoms with Gasteiger partial charge in [-0.25, -0.2) is 14.6 Å². The monoisotopic (exact) mass is 414 g/mol. The average molecular weight is 414 g/mol. The molecule has 9 nitrogen and oxygen atoms in total. The quantitative estimate of drug-likeness (QED) is 0.517. The second kappa shape index (κ2) is 8.15. The molecule has 0 saturated heterocycles. The number of benzene rings is 2. The zero-order valence-electron chi connectivity index (χ0n) is 16.3. The fourth-order valence-corrected chi connectivity index (χ4v) is 3.10. The Labute approximate surface area is 177 Å². The van der Waals surface area contributed by atoms with E-state index in [-0.39, 0.29) is 12.5 Å². The first-order chi connectivity index (χ1) is 15.2. The number of hydrogen-bond acceptors (Lipinski definition) is 7. The normalized spacial score (nSPS) is 14.6. The van der Waals surface area contributed by atoms with Crippen LogP contribution in [-0.4, -0.2) is 38.4 Å². The van der Waals surface area contributed by atoms with E-state index in [1.807, 2.05) is 42.6 Å². The van der Waals surface area contributed by atoms with Gasteiger partial charge >= 0.3 is 0 Å². The largest absolute Gasteiger partial charge is 0.485 e. The second-order valence-corrected chi connectivity index (χ2v) is 6.77. The van der Waals surface area contributed by atoms with E-state index in [0.717, 1.165) is 5.69 Å². The smallest absolute Gasteiger partial charge is 0.269 e. The number of carbonyl (C=O) groups is 1. The topological polar surface area (TPSA) is 103 Å². The van der Waals surface area contributed by atoms with Crippen molar-refractivity contribution in [1.82, 2.24) is 19.7 Å². The molecular formula is C22H18N6O3. The van der Waals surface area contributed by atoms with Gasteiger partial charge in [0.2, 0.25) is 6.10 Å². The lowest BCUT2D eigenvalue weighted by molar-refractivity contribution is -0.125. The van der Waals surface area contributed by atoms with Crippen molar-refractivity contribution >= 4 is 23.1 Å². The van der Waals surface area contributed by atoms with Gasteiger partial charge < -0.3 is 20.1 Å². The van der Waals surface area contributed by atoms with Gasteiger partial charge in [0, 0.05) is 29.8 Å². The van der Waals surface area contributed by atoms with Crippen LogP contribution in [0.15, 0.2) is 79.4 Å². The summed E-state index contributed by atoms with van der Waals surface area (Å²) in [6.45, 7) is 0.161. The number of fused-ring (bicyclic) bond motifs is 1. The lowest BCUT2D eigenvalue weighted by Gasteiger charge is -2.25. The summed E-state index contributed by atoms with van der Waals surface area (Å²) in [7, 11) is 0. The minimum Gasteiger partial charge on any atom is -0.485 e. The van der Waals surface area contributed by atoms with Crippen LogP contribution in [0, 0.1) is 0 Å². The highest BCUT2D eigenvalue weighted by atomic mass is 16.6. The van der Waals surface area contributed by atoms with Gasteiger partial charge in [0.05, 0.1) is 0 Å². The SMILES string of the molecule is O=C(Nc1ccc(Nc2cc(-n3cccn3)ncn2)cc1)[C@@H]1COc2ccccc2O1. The summed E-state index contributed by atoms with van der Waals surface area (Å²) in [5.41, 5.74) is 1.47. The van der Waals surface area contributed by atoms with Crippen molar-refractivity contribution < 1.29 is 14.3 Å². The van der Waals surface area contributed by atoms with Crippen molar-refractivity contribution in [3.05, 3.63) is 79.4 Å². The van der Waals surface area contributed by atoms with Gasteiger partial charge in [-0.1, -0.05) is 12.1 Å². The second-order valence-electron chi connectivity index (χ2n) is 6.77. The summed E-state index contributed by atoms with van der Waals surface area (Å²) in [5.74, 6) is 2.22. The molecule has 0 fully saturated rings. The molecule has 3 heterocycles. The molecular weight excluding hydrogens is 396 g/mol. The van der Waals surface area contributed by atoms with Crippen LogP contribution in [0.1, 0.15) is 0 Å².